The van der Waals surface area contributed by atoms with Crippen LogP contribution in [-0.2, 0) is 15.8 Å². The Morgan fingerprint density at radius 2 is 1.82 bits per heavy atom. The van der Waals surface area contributed by atoms with Gasteiger partial charge in [-0.25, -0.2) is 4.39 Å². The van der Waals surface area contributed by atoms with E-state index in [-0.39, 0.29) is 17.1 Å². The number of pyridine rings is 1. The third-order valence-corrected chi connectivity index (χ3v) is 4.16. The van der Waals surface area contributed by atoms with Crippen molar-refractivity contribution < 1.29 is 31.9 Å². The second-order valence-corrected chi connectivity index (χ2v) is 6.74. The first-order valence-electron chi connectivity index (χ1n) is 9.47. The van der Waals surface area contributed by atoms with Gasteiger partial charge in [-0.05, 0) is 54.1 Å². The molecule has 3 aromatic rings. The van der Waals surface area contributed by atoms with Crippen molar-refractivity contribution in [3.63, 3.8) is 0 Å². The average Bonchev–Trinajstić information content (AvgIpc) is 2.75. The number of hydrogen-bond acceptors (Lipinski definition) is 4. The number of ether oxygens (including phenoxy) is 1. The van der Waals surface area contributed by atoms with Crippen LogP contribution in [0, 0.1) is 5.82 Å². The Bertz CT molecular complexity index is 1200. The summed E-state index contributed by atoms with van der Waals surface area (Å²) in [6.07, 6.45) is 0.620. The van der Waals surface area contributed by atoms with Crippen LogP contribution in [-0.4, -0.2) is 16.8 Å². The molecule has 0 spiro atoms. The van der Waals surface area contributed by atoms with Gasteiger partial charge < -0.3 is 15.4 Å². The molecule has 2 N–H and O–H groups in total. The Balaban J connectivity index is 1.74. The summed E-state index contributed by atoms with van der Waals surface area (Å²) >= 11 is 0. The molecule has 0 bridgehead atoms. The molecule has 0 aliphatic rings. The molecule has 0 radical (unpaired) electrons. The summed E-state index contributed by atoms with van der Waals surface area (Å²) < 4.78 is 58.7. The largest absolute Gasteiger partial charge is 0.453 e. The van der Waals surface area contributed by atoms with Crippen LogP contribution >= 0.6 is 0 Å². The van der Waals surface area contributed by atoms with Gasteiger partial charge in [0.2, 0.25) is 11.8 Å². The summed E-state index contributed by atoms with van der Waals surface area (Å²) in [5.41, 5.74) is -0.921. The van der Waals surface area contributed by atoms with E-state index in [0.717, 1.165) is 24.3 Å². The van der Waals surface area contributed by atoms with E-state index < -0.39 is 29.4 Å². The van der Waals surface area contributed by atoms with Crippen LogP contribution in [0.15, 0.2) is 67.0 Å². The third-order valence-electron chi connectivity index (χ3n) is 4.16. The maximum absolute atomic E-state index is 14.3. The van der Waals surface area contributed by atoms with Gasteiger partial charge in [-0.3, -0.25) is 14.6 Å². The SMILES string of the molecule is CC(=O)Nc1ccc(C(F)(F)F)cc1NC(=O)/C=C/c1ccc(Oc2cccnc2)c(F)c1. The molecule has 1 aromatic heterocycles. The van der Waals surface area contributed by atoms with E-state index in [2.05, 4.69) is 15.6 Å². The molecule has 0 fully saturated rings. The zero-order valence-corrected chi connectivity index (χ0v) is 17.1. The van der Waals surface area contributed by atoms with Crippen molar-refractivity contribution in [2.45, 2.75) is 13.1 Å². The zero-order valence-electron chi connectivity index (χ0n) is 17.1. The molecule has 33 heavy (non-hydrogen) atoms. The second-order valence-electron chi connectivity index (χ2n) is 6.74. The molecule has 2 amide bonds. The maximum Gasteiger partial charge on any atom is 0.416 e. The highest BCUT2D eigenvalue weighted by Crippen LogP contribution is 2.34. The molecule has 0 saturated heterocycles. The number of benzene rings is 2. The minimum absolute atomic E-state index is 0.000183. The molecule has 2 aromatic carbocycles. The Morgan fingerprint density at radius 1 is 1.03 bits per heavy atom. The van der Waals surface area contributed by atoms with Gasteiger partial charge in [0.05, 0.1) is 23.1 Å². The van der Waals surface area contributed by atoms with Crippen molar-refractivity contribution >= 4 is 29.3 Å². The fraction of sp³-hybridized carbons (Fsp3) is 0.0870. The summed E-state index contributed by atoms with van der Waals surface area (Å²) in [6.45, 7) is 1.18. The number of anilines is 2. The normalized spacial score (nSPS) is 11.3. The molecular weight excluding hydrogens is 442 g/mol. The number of rotatable bonds is 6. The minimum atomic E-state index is -4.64. The third kappa shape index (κ3) is 6.63. The lowest BCUT2D eigenvalue weighted by molar-refractivity contribution is -0.137. The molecule has 0 unspecified atom stereocenters. The number of nitrogens with zero attached hydrogens (tertiary/aromatic N) is 1. The summed E-state index contributed by atoms with van der Waals surface area (Å²) in [4.78, 5) is 27.4. The van der Waals surface area contributed by atoms with E-state index in [4.69, 9.17) is 4.74 Å². The van der Waals surface area contributed by atoms with Crippen LogP contribution in [0.1, 0.15) is 18.1 Å². The number of aromatic nitrogens is 1. The smallest absolute Gasteiger partial charge is 0.416 e. The van der Waals surface area contributed by atoms with Gasteiger partial charge in [0.1, 0.15) is 5.75 Å². The van der Waals surface area contributed by atoms with Crippen molar-refractivity contribution in [2.75, 3.05) is 10.6 Å². The standard InChI is InChI=1S/C23H17F4N3O3/c1-14(31)29-19-7-6-16(23(25,26)27)12-20(19)30-22(32)9-5-15-4-8-21(18(24)11-15)33-17-3-2-10-28-13-17/h2-13H,1H3,(H,29,31)(H,30,32)/b9-5+. The number of halogens is 4. The second kappa shape index (κ2) is 9.94. The number of alkyl halides is 3. The predicted molar refractivity (Wildman–Crippen MR) is 114 cm³/mol. The maximum atomic E-state index is 14.3. The van der Waals surface area contributed by atoms with Gasteiger partial charge in [-0.2, -0.15) is 13.2 Å². The Kier molecular flexibility index (Phi) is 7.07. The van der Waals surface area contributed by atoms with Gasteiger partial charge in [0.15, 0.2) is 11.6 Å². The van der Waals surface area contributed by atoms with Gasteiger partial charge in [-0.15, -0.1) is 0 Å². The first-order valence-corrected chi connectivity index (χ1v) is 9.47. The molecule has 0 atom stereocenters. The van der Waals surface area contributed by atoms with E-state index in [1.807, 2.05) is 0 Å². The van der Waals surface area contributed by atoms with Crippen LogP contribution in [0.3, 0.4) is 0 Å². The van der Waals surface area contributed by atoms with E-state index in [1.165, 1.54) is 31.3 Å². The van der Waals surface area contributed by atoms with Gasteiger partial charge in [0.25, 0.3) is 0 Å². The van der Waals surface area contributed by atoms with Crippen molar-refractivity contribution in [2.24, 2.45) is 0 Å². The highest BCUT2D eigenvalue weighted by Gasteiger charge is 2.31. The molecule has 6 nitrogen and oxygen atoms in total. The fourth-order valence-electron chi connectivity index (χ4n) is 2.71. The van der Waals surface area contributed by atoms with E-state index >= 15 is 0 Å². The van der Waals surface area contributed by atoms with Crippen molar-refractivity contribution in [1.82, 2.24) is 4.98 Å². The minimum Gasteiger partial charge on any atom is -0.453 e. The van der Waals surface area contributed by atoms with Crippen molar-refractivity contribution in [3.05, 3.63) is 83.9 Å². The van der Waals surface area contributed by atoms with Crippen LogP contribution in [0.5, 0.6) is 11.5 Å². The number of amides is 2. The lowest BCUT2D eigenvalue weighted by Crippen LogP contribution is -2.15. The van der Waals surface area contributed by atoms with Gasteiger partial charge in [-0.1, -0.05) is 6.07 Å². The number of nitrogens with one attached hydrogen (secondary N) is 2. The van der Waals surface area contributed by atoms with Crippen molar-refractivity contribution in [3.8, 4) is 11.5 Å². The summed E-state index contributed by atoms with van der Waals surface area (Å²) in [6, 6.07) is 9.75. The lowest BCUT2D eigenvalue weighted by Gasteiger charge is -2.14. The number of carbonyl (C=O) groups excluding carboxylic acids is 2. The Hall–Kier alpha value is -4.21. The Morgan fingerprint density at radius 3 is 2.45 bits per heavy atom. The topological polar surface area (TPSA) is 80.3 Å². The predicted octanol–water partition coefficient (Wildman–Crippen LogP) is 5.64. The first kappa shape index (κ1) is 23.5. The molecule has 10 heteroatoms. The van der Waals surface area contributed by atoms with Crippen LogP contribution < -0.4 is 15.4 Å². The number of carbonyl (C=O) groups is 2. The summed E-state index contributed by atoms with van der Waals surface area (Å²) in [7, 11) is 0. The lowest BCUT2D eigenvalue weighted by atomic mass is 10.1. The average molecular weight is 459 g/mol. The van der Waals surface area contributed by atoms with E-state index in [0.29, 0.717) is 17.4 Å². The van der Waals surface area contributed by atoms with E-state index in [9.17, 15) is 27.2 Å². The molecule has 170 valence electrons. The van der Waals surface area contributed by atoms with Crippen LogP contribution in [0.4, 0.5) is 28.9 Å². The highest BCUT2D eigenvalue weighted by molar-refractivity contribution is 6.05. The first-order chi connectivity index (χ1) is 15.6. The number of hydrogen-bond donors (Lipinski definition) is 2. The Labute approximate surface area is 185 Å². The summed E-state index contributed by atoms with van der Waals surface area (Å²) in [5.74, 6) is -1.70. The zero-order chi connectivity index (χ0) is 24.0. The molecule has 0 aliphatic heterocycles. The quantitative estimate of drug-likeness (QED) is 0.369. The molecule has 1 heterocycles. The van der Waals surface area contributed by atoms with Gasteiger partial charge >= 0.3 is 6.18 Å². The monoisotopic (exact) mass is 459 g/mol. The van der Waals surface area contributed by atoms with Crippen LogP contribution in [0.2, 0.25) is 0 Å². The summed E-state index contributed by atoms with van der Waals surface area (Å²) in [5, 5.41) is 4.64. The van der Waals surface area contributed by atoms with Gasteiger partial charge in [0, 0.05) is 19.2 Å². The van der Waals surface area contributed by atoms with E-state index in [1.54, 1.807) is 18.3 Å². The molecule has 3 rings (SSSR count). The molecule has 0 saturated carbocycles. The highest BCUT2D eigenvalue weighted by atomic mass is 19.4. The van der Waals surface area contributed by atoms with Crippen molar-refractivity contribution in [1.29, 1.82) is 0 Å². The molecule has 0 aliphatic carbocycles. The molecular formula is C23H17F4N3O3. The fourth-order valence-corrected chi connectivity index (χ4v) is 2.71. The van der Waals surface area contributed by atoms with Crippen LogP contribution in [0.25, 0.3) is 6.08 Å².